The van der Waals surface area contributed by atoms with Crippen molar-refractivity contribution < 1.29 is 15.0 Å². The van der Waals surface area contributed by atoms with Gasteiger partial charge in [-0.2, -0.15) is 0 Å². The summed E-state index contributed by atoms with van der Waals surface area (Å²) in [7, 11) is 0. The quantitative estimate of drug-likeness (QED) is 0.246. The second kappa shape index (κ2) is 15.1. The molecule has 22 heavy (non-hydrogen) atoms. The fourth-order valence-electron chi connectivity index (χ4n) is 2.69. The zero-order valence-electron chi connectivity index (χ0n) is 14.5. The molecule has 2 unspecified atom stereocenters. The van der Waals surface area contributed by atoms with Crippen LogP contribution in [0.2, 0.25) is 0 Å². The number of nitrogens with zero attached hydrogens (tertiary/aromatic N) is 1. The summed E-state index contributed by atoms with van der Waals surface area (Å²) in [6, 6.07) is 0. The van der Waals surface area contributed by atoms with Crippen molar-refractivity contribution in [2.45, 2.75) is 110 Å². The number of rotatable bonds is 16. The van der Waals surface area contributed by atoms with E-state index in [1.165, 1.54) is 38.5 Å². The van der Waals surface area contributed by atoms with Gasteiger partial charge in [-0.05, 0) is 12.8 Å². The molecule has 0 aromatic heterocycles. The molecule has 0 aliphatic carbocycles. The Hall–Kier alpha value is -0.840. The Bertz CT molecular complexity index is 261. The minimum Gasteiger partial charge on any atom is -0.391 e. The molecular weight excluding hydrogens is 282 g/mol. The lowest BCUT2D eigenvalue weighted by molar-refractivity contribution is -0.771. The molecule has 0 aromatic carbocycles. The van der Waals surface area contributed by atoms with Crippen LogP contribution in [-0.4, -0.2) is 22.4 Å². The lowest BCUT2D eigenvalue weighted by atomic mass is 10.00. The van der Waals surface area contributed by atoms with Crippen LogP contribution in [0.4, 0.5) is 0 Å². The molecule has 0 heterocycles. The van der Waals surface area contributed by atoms with E-state index in [4.69, 9.17) is 0 Å². The summed E-state index contributed by atoms with van der Waals surface area (Å²) in [6.45, 7) is 4.34. The SMILES string of the molecule is CCCCCCCCC(O)C(CCCCCCC)O[N+](=O)[O-]. The predicted octanol–water partition coefficient (Wildman–Crippen LogP) is 5.04. The van der Waals surface area contributed by atoms with Crippen molar-refractivity contribution >= 4 is 0 Å². The smallest absolute Gasteiger partial charge is 0.294 e. The Kier molecular flexibility index (Phi) is 14.5. The molecule has 2 atom stereocenters. The maximum Gasteiger partial charge on any atom is 0.294 e. The summed E-state index contributed by atoms with van der Waals surface area (Å²) in [5.41, 5.74) is 0. The number of aliphatic hydroxyl groups is 1. The van der Waals surface area contributed by atoms with Crippen molar-refractivity contribution in [2.24, 2.45) is 0 Å². The van der Waals surface area contributed by atoms with Gasteiger partial charge in [-0.1, -0.05) is 84.5 Å². The molecule has 0 saturated carbocycles. The third-order valence-corrected chi connectivity index (χ3v) is 4.10. The molecule has 132 valence electrons. The molecule has 0 aromatic rings. The van der Waals surface area contributed by atoms with Gasteiger partial charge >= 0.3 is 0 Å². The Labute approximate surface area is 135 Å². The minimum absolute atomic E-state index is 0.571. The largest absolute Gasteiger partial charge is 0.391 e. The van der Waals surface area contributed by atoms with Crippen LogP contribution < -0.4 is 0 Å². The molecular formula is C17H35NO4. The highest BCUT2D eigenvalue weighted by atomic mass is 17.0. The Morgan fingerprint density at radius 2 is 1.32 bits per heavy atom. The molecule has 0 aliphatic heterocycles. The van der Waals surface area contributed by atoms with Gasteiger partial charge in [-0.15, -0.1) is 10.1 Å². The standard InChI is InChI=1S/C17H35NO4/c1-3-5-7-9-11-12-14-16(19)17(22-18(20)21)15-13-10-8-6-4-2/h16-17,19H,3-15H2,1-2H3. The van der Waals surface area contributed by atoms with Crippen molar-refractivity contribution in [1.29, 1.82) is 0 Å². The summed E-state index contributed by atoms with van der Waals surface area (Å²) >= 11 is 0. The first-order valence-corrected chi connectivity index (χ1v) is 9.11. The van der Waals surface area contributed by atoms with Crippen molar-refractivity contribution in [1.82, 2.24) is 0 Å². The highest BCUT2D eigenvalue weighted by Gasteiger charge is 2.22. The van der Waals surface area contributed by atoms with Gasteiger partial charge in [0.2, 0.25) is 0 Å². The van der Waals surface area contributed by atoms with Gasteiger partial charge in [0, 0.05) is 0 Å². The summed E-state index contributed by atoms with van der Waals surface area (Å²) < 4.78 is 0. The van der Waals surface area contributed by atoms with Crippen LogP contribution in [-0.2, 0) is 4.84 Å². The molecule has 0 aliphatic rings. The van der Waals surface area contributed by atoms with E-state index in [0.29, 0.717) is 12.8 Å². The zero-order valence-corrected chi connectivity index (χ0v) is 14.5. The molecule has 0 saturated heterocycles. The Balaban J connectivity index is 3.89. The van der Waals surface area contributed by atoms with Gasteiger partial charge in [0.05, 0.1) is 6.10 Å². The number of hydrogen-bond acceptors (Lipinski definition) is 4. The number of aliphatic hydroxyl groups excluding tert-OH is 1. The summed E-state index contributed by atoms with van der Waals surface area (Å²) in [5.74, 6) is 0. The predicted molar refractivity (Wildman–Crippen MR) is 89.2 cm³/mol. The second-order valence-corrected chi connectivity index (χ2v) is 6.19. The van der Waals surface area contributed by atoms with Crippen molar-refractivity contribution in [3.05, 3.63) is 10.1 Å². The maximum atomic E-state index is 10.6. The van der Waals surface area contributed by atoms with Gasteiger partial charge in [-0.3, -0.25) is 0 Å². The molecule has 0 rings (SSSR count). The minimum atomic E-state index is -0.763. The normalized spacial score (nSPS) is 13.8. The first-order valence-electron chi connectivity index (χ1n) is 9.11. The fourth-order valence-corrected chi connectivity index (χ4v) is 2.69. The molecule has 5 nitrogen and oxygen atoms in total. The van der Waals surface area contributed by atoms with Crippen LogP contribution in [0.5, 0.6) is 0 Å². The van der Waals surface area contributed by atoms with Gasteiger partial charge in [0.25, 0.3) is 5.09 Å². The van der Waals surface area contributed by atoms with Crippen LogP contribution in [0, 0.1) is 10.1 Å². The van der Waals surface area contributed by atoms with E-state index >= 15 is 0 Å². The van der Waals surface area contributed by atoms with Crippen LogP contribution in [0.15, 0.2) is 0 Å². The van der Waals surface area contributed by atoms with Gasteiger partial charge < -0.3 is 9.94 Å². The van der Waals surface area contributed by atoms with Gasteiger partial charge in [-0.25, -0.2) is 0 Å². The highest BCUT2D eigenvalue weighted by molar-refractivity contribution is 4.68. The molecule has 5 heteroatoms. The molecule has 0 radical (unpaired) electrons. The number of hydrogen-bond donors (Lipinski definition) is 1. The average molecular weight is 317 g/mol. The van der Waals surface area contributed by atoms with E-state index in [1.54, 1.807) is 0 Å². The Morgan fingerprint density at radius 3 is 1.82 bits per heavy atom. The van der Waals surface area contributed by atoms with Crippen LogP contribution in [0.3, 0.4) is 0 Å². The van der Waals surface area contributed by atoms with E-state index in [2.05, 4.69) is 18.7 Å². The van der Waals surface area contributed by atoms with E-state index in [1.807, 2.05) is 0 Å². The first kappa shape index (κ1) is 21.2. The molecule has 0 amide bonds. The monoisotopic (exact) mass is 317 g/mol. The van der Waals surface area contributed by atoms with Gasteiger partial charge in [0.1, 0.15) is 6.10 Å². The topological polar surface area (TPSA) is 72.6 Å². The number of unbranched alkanes of at least 4 members (excludes halogenated alkanes) is 9. The Morgan fingerprint density at radius 1 is 0.864 bits per heavy atom. The van der Waals surface area contributed by atoms with Crippen LogP contribution >= 0.6 is 0 Å². The van der Waals surface area contributed by atoms with Crippen molar-refractivity contribution in [2.75, 3.05) is 0 Å². The molecule has 1 N–H and O–H groups in total. The molecule has 0 spiro atoms. The van der Waals surface area contributed by atoms with E-state index in [0.717, 1.165) is 32.1 Å². The summed E-state index contributed by atoms with van der Waals surface area (Å²) in [6.07, 6.45) is 12.1. The highest BCUT2D eigenvalue weighted by Crippen LogP contribution is 2.17. The maximum absolute atomic E-state index is 10.6. The lowest BCUT2D eigenvalue weighted by Crippen LogP contribution is -2.31. The van der Waals surface area contributed by atoms with Gasteiger partial charge in [0.15, 0.2) is 0 Å². The zero-order chi connectivity index (χ0) is 16.6. The van der Waals surface area contributed by atoms with E-state index < -0.39 is 17.3 Å². The first-order chi connectivity index (χ1) is 10.6. The molecule has 0 fully saturated rings. The van der Waals surface area contributed by atoms with Crippen molar-refractivity contribution in [3.8, 4) is 0 Å². The van der Waals surface area contributed by atoms with Crippen LogP contribution in [0.25, 0.3) is 0 Å². The fraction of sp³-hybridized carbons (Fsp3) is 1.00. The van der Waals surface area contributed by atoms with E-state index in [9.17, 15) is 15.2 Å². The molecule has 0 bridgehead atoms. The van der Waals surface area contributed by atoms with Crippen molar-refractivity contribution in [3.63, 3.8) is 0 Å². The summed E-state index contributed by atoms with van der Waals surface area (Å²) in [5, 5.41) is 19.9. The third kappa shape index (κ3) is 12.9. The summed E-state index contributed by atoms with van der Waals surface area (Å²) in [4.78, 5) is 15.3. The second-order valence-electron chi connectivity index (χ2n) is 6.19. The lowest BCUT2D eigenvalue weighted by Gasteiger charge is -2.21. The van der Waals surface area contributed by atoms with E-state index in [-0.39, 0.29) is 0 Å². The van der Waals surface area contributed by atoms with Crippen LogP contribution in [0.1, 0.15) is 97.3 Å². The average Bonchev–Trinajstić information content (AvgIpc) is 2.48. The third-order valence-electron chi connectivity index (χ3n) is 4.10.